The molecule has 0 saturated carbocycles. The summed E-state index contributed by atoms with van der Waals surface area (Å²) in [5.41, 5.74) is 0. The number of halogens is 1. The zero-order valence-corrected chi connectivity index (χ0v) is 15.0. The van der Waals surface area contributed by atoms with Gasteiger partial charge in [0.2, 0.25) is 5.91 Å². The van der Waals surface area contributed by atoms with Crippen molar-refractivity contribution in [3.8, 4) is 0 Å². The molecule has 3 nitrogen and oxygen atoms in total. The molecule has 3 rings (SSSR count). The molecule has 1 aromatic rings. The van der Waals surface area contributed by atoms with Crippen molar-refractivity contribution in [1.29, 1.82) is 0 Å². The number of amides is 1. The van der Waals surface area contributed by atoms with Gasteiger partial charge in [0.25, 0.3) is 0 Å². The maximum absolute atomic E-state index is 11.4. The quantitative estimate of drug-likeness (QED) is 0.811. The molecule has 2 saturated heterocycles. The van der Waals surface area contributed by atoms with Crippen LogP contribution in [-0.4, -0.2) is 41.9 Å². The minimum Gasteiger partial charge on any atom is -0.343 e. The van der Waals surface area contributed by atoms with Gasteiger partial charge >= 0.3 is 0 Å². The van der Waals surface area contributed by atoms with Crippen molar-refractivity contribution < 1.29 is 4.79 Å². The third kappa shape index (κ3) is 3.88. The Morgan fingerprint density at radius 1 is 1.24 bits per heavy atom. The maximum Gasteiger partial charge on any atom is 0.219 e. The van der Waals surface area contributed by atoms with Gasteiger partial charge in [-0.3, -0.25) is 9.69 Å². The smallest absolute Gasteiger partial charge is 0.219 e. The summed E-state index contributed by atoms with van der Waals surface area (Å²) in [4.78, 5) is 17.5. The number of hydrogen-bond acceptors (Lipinski definition) is 3. The van der Waals surface area contributed by atoms with E-state index in [0.717, 1.165) is 31.5 Å². The summed E-state index contributed by atoms with van der Waals surface area (Å²) in [7, 11) is 0. The molecule has 21 heavy (non-hydrogen) atoms. The lowest BCUT2D eigenvalue weighted by molar-refractivity contribution is -0.130. The molecule has 5 heteroatoms. The number of thiophene rings is 1. The SMILES string of the molecule is CC(=O)N1CCC(C2CCN(Cc3ccc(Br)s3)C2)CC1. The minimum atomic E-state index is 0.241. The average Bonchev–Trinajstić information content (AvgIpc) is 3.09. The van der Waals surface area contributed by atoms with E-state index < -0.39 is 0 Å². The second-order valence-electron chi connectivity index (χ2n) is 6.33. The van der Waals surface area contributed by atoms with E-state index in [4.69, 9.17) is 0 Å². The van der Waals surface area contributed by atoms with Gasteiger partial charge in [0.05, 0.1) is 3.79 Å². The molecule has 0 radical (unpaired) electrons. The second-order valence-corrected chi connectivity index (χ2v) is 8.88. The van der Waals surface area contributed by atoms with Crippen molar-refractivity contribution in [3.63, 3.8) is 0 Å². The van der Waals surface area contributed by atoms with E-state index in [1.807, 2.05) is 16.2 Å². The Hall–Kier alpha value is -0.390. The van der Waals surface area contributed by atoms with Gasteiger partial charge in [0.15, 0.2) is 0 Å². The number of rotatable bonds is 3. The molecule has 2 aliphatic rings. The van der Waals surface area contributed by atoms with Gasteiger partial charge in [-0.25, -0.2) is 0 Å². The van der Waals surface area contributed by atoms with Crippen LogP contribution < -0.4 is 0 Å². The highest BCUT2D eigenvalue weighted by Crippen LogP contribution is 2.33. The van der Waals surface area contributed by atoms with Crippen molar-refractivity contribution in [3.05, 3.63) is 20.8 Å². The van der Waals surface area contributed by atoms with Gasteiger partial charge in [0.1, 0.15) is 0 Å². The van der Waals surface area contributed by atoms with E-state index in [2.05, 4.69) is 33.0 Å². The van der Waals surface area contributed by atoms with E-state index in [9.17, 15) is 4.79 Å². The first-order valence-corrected chi connectivity index (χ1v) is 9.45. The third-order valence-electron chi connectivity index (χ3n) is 4.97. The monoisotopic (exact) mass is 370 g/mol. The van der Waals surface area contributed by atoms with Crippen molar-refractivity contribution in [1.82, 2.24) is 9.80 Å². The molecule has 0 N–H and O–H groups in total. The van der Waals surface area contributed by atoms with Gasteiger partial charge in [-0.15, -0.1) is 11.3 Å². The first kappa shape index (κ1) is 15.5. The van der Waals surface area contributed by atoms with Crippen LogP contribution in [0.15, 0.2) is 15.9 Å². The van der Waals surface area contributed by atoms with E-state index in [0.29, 0.717) is 0 Å². The minimum absolute atomic E-state index is 0.241. The number of carbonyl (C=O) groups is 1. The number of carbonyl (C=O) groups excluding carboxylic acids is 1. The predicted molar refractivity (Wildman–Crippen MR) is 90.4 cm³/mol. The van der Waals surface area contributed by atoms with Crippen LogP contribution in [0.2, 0.25) is 0 Å². The molecule has 1 amide bonds. The van der Waals surface area contributed by atoms with E-state index in [-0.39, 0.29) is 5.91 Å². The van der Waals surface area contributed by atoms with E-state index in [1.54, 1.807) is 6.92 Å². The highest BCUT2D eigenvalue weighted by atomic mass is 79.9. The highest BCUT2D eigenvalue weighted by Gasteiger charge is 2.32. The summed E-state index contributed by atoms with van der Waals surface area (Å²) in [5.74, 6) is 1.90. The largest absolute Gasteiger partial charge is 0.343 e. The molecule has 1 aromatic heterocycles. The van der Waals surface area contributed by atoms with Crippen LogP contribution in [0.4, 0.5) is 0 Å². The molecular formula is C16H23BrN2OS. The first-order chi connectivity index (χ1) is 10.1. The Kier molecular flexibility index (Phi) is 5.02. The van der Waals surface area contributed by atoms with Gasteiger partial charge in [-0.1, -0.05) is 0 Å². The second kappa shape index (κ2) is 6.80. The number of hydrogen-bond donors (Lipinski definition) is 0. The summed E-state index contributed by atoms with van der Waals surface area (Å²) in [6, 6.07) is 4.37. The van der Waals surface area contributed by atoms with Gasteiger partial charge in [-0.2, -0.15) is 0 Å². The summed E-state index contributed by atoms with van der Waals surface area (Å²) in [6.07, 6.45) is 3.72. The Labute approximate surface area is 139 Å². The lowest BCUT2D eigenvalue weighted by Crippen LogP contribution is -2.39. The van der Waals surface area contributed by atoms with Crippen LogP contribution in [0, 0.1) is 11.8 Å². The standard InChI is InChI=1S/C16H23BrN2OS/c1-12(20)19-8-5-13(6-9-19)14-4-7-18(10-14)11-15-2-3-16(17)21-15/h2-3,13-14H,4-11H2,1H3. The number of piperidine rings is 1. The fourth-order valence-electron chi connectivity index (χ4n) is 3.73. The van der Waals surface area contributed by atoms with E-state index >= 15 is 0 Å². The van der Waals surface area contributed by atoms with Gasteiger partial charge in [0, 0.05) is 38.0 Å². The average molecular weight is 371 g/mol. The normalized spacial score (nSPS) is 24.7. The topological polar surface area (TPSA) is 23.6 Å². The van der Waals surface area contributed by atoms with Crippen molar-refractivity contribution >= 4 is 33.2 Å². The fourth-order valence-corrected chi connectivity index (χ4v) is 5.26. The summed E-state index contributed by atoms with van der Waals surface area (Å²) in [5, 5.41) is 0. The summed E-state index contributed by atoms with van der Waals surface area (Å²) in [6.45, 7) is 7.19. The Balaban J connectivity index is 1.47. The Morgan fingerprint density at radius 2 is 1.95 bits per heavy atom. The van der Waals surface area contributed by atoms with Crippen molar-refractivity contribution in [2.75, 3.05) is 26.2 Å². The lowest BCUT2D eigenvalue weighted by Gasteiger charge is -2.34. The van der Waals surface area contributed by atoms with Crippen molar-refractivity contribution in [2.24, 2.45) is 11.8 Å². The zero-order valence-electron chi connectivity index (χ0n) is 12.6. The molecule has 0 spiro atoms. The molecule has 2 fully saturated rings. The molecule has 0 bridgehead atoms. The first-order valence-electron chi connectivity index (χ1n) is 7.84. The van der Waals surface area contributed by atoms with Crippen LogP contribution in [0.25, 0.3) is 0 Å². The van der Waals surface area contributed by atoms with Crippen molar-refractivity contribution in [2.45, 2.75) is 32.7 Å². The molecule has 2 aliphatic heterocycles. The number of likely N-dealkylation sites (tertiary alicyclic amines) is 2. The third-order valence-corrected chi connectivity index (χ3v) is 6.58. The van der Waals surface area contributed by atoms with Gasteiger partial charge in [-0.05, 0) is 65.7 Å². The zero-order chi connectivity index (χ0) is 14.8. The van der Waals surface area contributed by atoms with Crippen LogP contribution in [-0.2, 0) is 11.3 Å². The summed E-state index contributed by atoms with van der Waals surface area (Å²) < 4.78 is 1.23. The Bertz CT molecular complexity index is 496. The fraction of sp³-hybridized carbons (Fsp3) is 0.688. The molecule has 1 unspecified atom stereocenters. The molecule has 0 aliphatic carbocycles. The molecular weight excluding hydrogens is 348 g/mol. The number of nitrogens with zero attached hydrogens (tertiary/aromatic N) is 2. The van der Waals surface area contributed by atoms with E-state index in [1.165, 1.54) is 41.0 Å². The molecule has 0 aromatic carbocycles. The van der Waals surface area contributed by atoms with Crippen LogP contribution >= 0.6 is 27.3 Å². The van der Waals surface area contributed by atoms with Crippen LogP contribution in [0.3, 0.4) is 0 Å². The lowest BCUT2D eigenvalue weighted by atomic mass is 9.84. The Morgan fingerprint density at radius 3 is 2.57 bits per heavy atom. The highest BCUT2D eigenvalue weighted by molar-refractivity contribution is 9.11. The van der Waals surface area contributed by atoms with Crippen LogP contribution in [0.1, 0.15) is 31.1 Å². The predicted octanol–water partition coefficient (Wildman–Crippen LogP) is 3.59. The summed E-state index contributed by atoms with van der Waals surface area (Å²) >= 11 is 5.39. The molecule has 116 valence electrons. The van der Waals surface area contributed by atoms with Crippen LogP contribution in [0.5, 0.6) is 0 Å². The maximum atomic E-state index is 11.4. The molecule has 3 heterocycles. The molecule has 1 atom stereocenters. The van der Waals surface area contributed by atoms with Gasteiger partial charge < -0.3 is 4.90 Å².